The zero-order valence-electron chi connectivity index (χ0n) is 7.44. The van der Waals surface area contributed by atoms with Crippen molar-refractivity contribution >= 4 is 17.5 Å². The molecule has 0 aliphatic rings. The molecule has 1 unspecified atom stereocenters. The summed E-state index contributed by atoms with van der Waals surface area (Å²) in [5, 5.41) is 11.1. The first-order chi connectivity index (χ1) is 6.52. The Hall–Kier alpha value is -2.05. The second-order valence-electron chi connectivity index (χ2n) is 2.70. The molecule has 5 N–H and O–H groups in total. The second kappa shape index (κ2) is 3.77. The number of carboxylic acid groups (broad SMARTS) is 1. The first-order valence-corrected chi connectivity index (χ1v) is 3.85. The molecule has 0 fully saturated rings. The number of nitrogen functional groups attached to an aromatic ring is 1. The van der Waals surface area contributed by atoms with Crippen LogP contribution < -0.4 is 16.6 Å². The summed E-state index contributed by atoms with van der Waals surface area (Å²) in [7, 11) is 0. The van der Waals surface area contributed by atoms with E-state index in [1.54, 1.807) is 0 Å². The Balaban J connectivity index is 2.92. The van der Waals surface area contributed by atoms with Gasteiger partial charge in [0.05, 0.1) is 6.33 Å². The zero-order valence-corrected chi connectivity index (χ0v) is 7.44. The first-order valence-electron chi connectivity index (χ1n) is 3.85. The molecule has 7 heteroatoms. The van der Waals surface area contributed by atoms with E-state index < -0.39 is 17.6 Å². The highest BCUT2D eigenvalue weighted by atomic mass is 16.4. The molecule has 0 radical (unpaired) electrons. The van der Waals surface area contributed by atoms with Crippen molar-refractivity contribution in [2.75, 3.05) is 11.1 Å². The van der Waals surface area contributed by atoms with Crippen molar-refractivity contribution in [2.24, 2.45) is 0 Å². The van der Waals surface area contributed by atoms with Gasteiger partial charge in [-0.3, -0.25) is 9.59 Å². The van der Waals surface area contributed by atoms with Gasteiger partial charge in [0.2, 0.25) is 0 Å². The summed E-state index contributed by atoms with van der Waals surface area (Å²) in [5.41, 5.74) is 4.74. The predicted molar refractivity (Wildman–Crippen MR) is 50.0 cm³/mol. The largest absolute Gasteiger partial charge is 0.480 e. The molecule has 0 spiro atoms. The Kier molecular flexibility index (Phi) is 2.70. The molecule has 1 aromatic heterocycles. The van der Waals surface area contributed by atoms with E-state index in [1.807, 2.05) is 0 Å². The Labute approximate surface area is 79.0 Å². The Morgan fingerprint density at radius 1 is 1.79 bits per heavy atom. The molecule has 1 rings (SSSR count). The number of anilines is 2. The fourth-order valence-corrected chi connectivity index (χ4v) is 0.792. The number of aromatic nitrogens is 2. The number of nitrogens with zero attached hydrogens (tertiary/aromatic N) is 1. The summed E-state index contributed by atoms with van der Waals surface area (Å²) >= 11 is 0. The van der Waals surface area contributed by atoms with E-state index in [2.05, 4.69) is 15.3 Å². The van der Waals surface area contributed by atoms with Gasteiger partial charge < -0.3 is 21.1 Å². The third-order valence-electron chi connectivity index (χ3n) is 1.61. The number of nitrogens with one attached hydrogen (secondary N) is 2. The van der Waals surface area contributed by atoms with Crippen LogP contribution in [0.4, 0.5) is 11.5 Å². The third-order valence-corrected chi connectivity index (χ3v) is 1.61. The van der Waals surface area contributed by atoms with Crippen molar-refractivity contribution < 1.29 is 9.90 Å². The Morgan fingerprint density at radius 2 is 2.43 bits per heavy atom. The molecule has 1 heterocycles. The number of hydrogen-bond acceptors (Lipinski definition) is 5. The standard InChI is InChI=1S/C7H10N4O3/c1-3(7(13)14)11-5-4(8)6(12)10-2-9-5/h2-3H,8H2,1H3,(H,13,14)(H2,9,10,11,12). The van der Waals surface area contributed by atoms with Crippen LogP contribution in [-0.2, 0) is 4.79 Å². The minimum absolute atomic E-state index is 0.0728. The van der Waals surface area contributed by atoms with Crippen molar-refractivity contribution in [3.8, 4) is 0 Å². The topological polar surface area (TPSA) is 121 Å². The highest BCUT2D eigenvalue weighted by Gasteiger charge is 2.13. The number of aliphatic carboxylic acids is 1. The summed E-state index contributed by atoms with van der Waals surface area (Å²) in [6.07, 6.45) is 1.15. The van der Waals surface area contributed by atoms with E-state index in [0.717, 1.165) is 6.33 Å². The predicted octanol–water partition coefficient (Wildman–Crippen LogP) is -0.763. The molecule has 0 aliphatic carbocycles. The smallest absolute Gasteiger partial charge is 0.325 e. The number of aromatic amines is 1. The maximum absolute atomic E-state index is 11.0. The van der Waals surface area contributed by atoms with Crippen LogP contribution in [0.25, 0.3) is 0 Å². The maximum atomic E-state index is 11.0. The van der Waals surface area contributed by atoms with Crippen molar-refractivity contribution in [1.82, 2.24) is 9.97 Å². The third kappa shape index (κ3) is 2.00. The lowest BCUT2D eigenvalue weighted by atomic mass is 10.3. The molecule has 1 aromatic rings. The van der Waals surface area contributed by atoms with Crippen LogP contribution in [0.5, 0.6) is 0 Å². The van der Waals surface area contributed by atoms with Crippen molar-refractivity contribution in [1.29, 1.82) is 0 Å². The van der Waals surface area contributed by atoms with Gasteiger partial charge in [-0.15, -0.1) is 0 Å². The summed E-state index contributed by atoms with van der Waals surface area (Å²) < 4.78 is 0. The number of rotatable bonds is 3. The molecule has 7 nitrogen and oxygen atoms in total. The molecule has 0 amide bonds. The average Bonchev–Trinajstić information content (AvgIpc) is 2.12. The SMILES string of the molecule is CC(Nc1nc[nH]c(=O)c1N)C(=O)O. The normalized spacial score (nSPS) is 12.1. The zero-order chi connectivity index (χ0) is 10.7. The van der Waals surface area contributed by atoms with Crippen molar-refractivity contribution in [3.05, 3.63) is 16.7 Å². The van der Waals surface area contributed by atoms with E-state index in [0.29, 0.717) is 0 Å². The van der Waals surface area contributed by atoms with Gasteiger partial charge in [-0.05, 0) is 6.92 Å². The number of carbonyl (C=O) groups is 1. The molecule has 0 bridgehead atoms. The fraction of sp³-hybridized carbons (Fsp3) is 0.286. The number of nitrogens with two attached hydrogens (primary N) is 1. The Morgan fingerprint density at radius 3 is 3.00 bits per heavy atom. The monoisotopic (exact) mass is 198 g/mol. The van der Waals surface area contributed by atoms with Gasteiger partial charge in [-0.2, -0.15) is 0 Å². The van der Waals surface area contributed by atoms with E-state index in [4.69, 9.17) is 10.8 Å². The van der Waals surface area contributed by atoms with Gasteiger partial charge in [-0.25, -0.2) is 4.98 Å². The lowest BCUT2D eigenvalue weighted by Crippen LogP contribution is -2.28. The van der Waals surface area contributed by atoms with E-state index in [9.17, 15) is 9.59 Å². The highest BCUT2D eigenvalue weighted by molar-refractivity contribution is 5.77. The van der Waals surface area contributed by atoms with Crippen LogP contribution in [0, 0.1) is 0 Å². The van der Waals surface area contributed by atoms with Gasteiger partial charge in [0.1, 0.15) is 11.7 Å². The quantitative estimate of drug-likeness (QED) is 0.506. The molecule has 0 saturated heterocycles. The summed E-state index contributed by atoms with van der Waals surface area (Å²) in [6.45, 7) is 1.42. The summed E-state index contributed by atoms with van der Waals surface area (Å²) in [4.78, 5) is 27.4. The summed E-state index contributed by atoms with van der Waals surface area (Å²) in [5.74, 6) is -0.977. The van der Waals surface area contributed by atoms with Crippen LogP contribution in [0.2, 0.25) is 0 Å². The highest BCUT2D eigenvalue weighted by Crippen LogP contribution is 2.08. The number of carboxylic acids is 1. The first kappa shape index (κ1) is 10.0. The van der Waals surface area contributed by atoms with Crippen LogP contribution >= 0.6 is 0 Å². The van der Waals surface area contributed by atoms with Gasteiger partial charge >= 0.3 is 5.97 Å². The number of H-pyrrole nitrogens is 1. The number of hydrogen-bond donors (Lipinski definition) is 4. The molecule has 1 atom stereocenters. The van der Waals surface area contributed by atoms with Gasteiger partial charge in [-0.1, -0.05) is 0 Å². The van der Waals surface area contributed by atoms with Gasteiger partial charge in [0, 0.05) is 0 Å². The van der Waals surface area contributed by atoms with Gasteiger partial charge in [0.15, 0.2) is 5.82 Å². The molecular weight excluding hydrogens is 188 g/mol. The minimum Gasteiger partial charge on any atom is -0.480 e. The van der Waals surface area contributed by atoms with E-state index >= 15 is 0 Å². The molecule has 0 aliphatic heterocycles. The van der Waals surface area contributed by atoms with Gasteiger partial charge in [0.25, 0.3) is 5.56 Å². The van der Waals surface area contributed by atoms with E-state index in [1.165, 1.54) is 6.92 Å². The van der Waals surface area contributed by atoms with Crippen LogP contribution in [0.15, 0.2) is 11.1 Å². The lowest BCUT2D eigenvalue weighted by Gasteiger charge is -2.10. The molecular formula is C7H10N4O3. The lowest BCUT2D eigenvalue weighted by molar-refractivity contribution is -0.137. The average molecular weight is 198 g/mol. The fourth-order valence-electron chi connectivity index (χ4n) is 0.792. The van der Waals surface area contributed by atoms with Crippen LogP contribution in [0.3, 0.4) is 0 Å². The van der Waals surface area contributed by atoms with E-state index in [-0.39, 0.29) is 11.5 Å². The van der Waals surface area contributed by atoms with Crippen LogP contribution in [-0.4, -0.2) is 27.1 Å². The van der Waals surface area contributed by atoms with Crippen LogP contribution in [0.1, 0.15) is 6.92 Å². The summed E-state index contributed by atoms with van der Waals surface area (Å²) in [6, 6.07) is -0.855. The van der Waals surface area contributed by atoms with Crippen molar-refractivity contribution in [3.63, 3.8) is 0 Å². The molecule has 14 heavy (non-hydrogen) atoms. The molecule has 76 valence electrons. The molecule has 0 aromatic carbocycles. The minimum atomic E-state index is -1.05. The second-order valence-corrected chi connectivity index (χ2v) is 2.70. The molecule has 0 saturated carbocycles. The Bertz CT molecular complexity index is 400. The van der Waals surface area contributed by atoms with Crippen molar-refractivity contribution in [2.45, 2.75) is 13.0 Å². The maximum Gasteiger partial charge on any atom is 0.325 e.